The smallest absolute Gasteiger partial charge is 0.213 e. The molecule has 0 radical (unpaired) electrons. The zero-order chi connectivity index (χ0) is 15.2. The molecule has 2 aromatic heterocycles. The number of ether oxygens (including phenoxy) is 1. The zero-order valence-corrected chi connectivity index (χ0v) is 12.8. The SMILES string of the molecule is CCn1cc(CNCCOc2ccccn2)c2ccccc21. The summed E-state index contributed by atoms with van der Waals surface area (Å²) in [4.78, 5) is 4.14. The number of hydrogen-bond donors (Lipinski definition) is 1. The lowest BCUT2D eigenvalue weighted by Gasteiger charge is -2.06. The van der Waals surface area contributed by atoms with Crippen LogP contribution in [0, 0.1) is 0 Å². The van der Waals surface area contributed by atoms with Gasteiger partial charge >= 0.3 is 0 Å². The van der Waals surface area contributed by atoms with E-state index in [9.17, 15) is 0 Å². The largest absolute Gasteiger partial charge is 0.476 e. The lowest BCUT2D eigenvalue weighted by molar-refractivity contribution is 0.302. The van der Waals surface area contributed by atoms with Crippen LogP contribution in [0.4, 0.5) is 0 Å². The Morgan fingerprint density at radius 3 is 2.82 bits per heavy atom. The second-order valence-corrected chi connectivity index (χ2v) is 5.15. The fraction of sp³-hybridized carbons (Fsp3) is 0.278. The van der Waals surface area contributed by atoms with Crippen LogP contribution in [0.5, 0.6) is 5.88 Å². The molecular formula is C18H21N3O. The van der Waals surface area contributed by atoms with Gasteiger partial charge in [-0.05, 0) is 24.6 Å². The van der Waals surface area contributed by atoms with Crippen molar-refractivity contribution in [3.8, 4) is 5.88 Å². The monoisotopic (exact) mass is 295 g/mol. The molecule has 0 aliphatic rings. The van der Waals surface area contributed by atoms with E-state index < -0.39 is 0 Å². The maximum atomic E-state index is 5.58. The molecule has 0 saturated heterocycles. The standard InChI is InChI=1S/C18H21N3O/c1-2-21-14-15(16-7-3-4-8-17(16)21)13-19-11-12-22-18-9-5-6-10-20-18/h3-10,14,19H,2,11-13H2,1H3. The molecule has 3 aromatic rings. The molecular weight excluding hydrogens is 274 g/mol. The van der Waals surface area contributed by atoms with Gasteiger partial charge in [-0.2, -0.15) is 0 Å². The molecule has 0 unspecified atom stereocenters. The fourth-order valence-electron chi connectivity index (χ4n) is 2.61. The summed E-state index contributed by atoms with van der Waals surface area (Å²) in [7, 11) is 0. The van der Waals surface area contributed by atoms with E-state index in [0.29, 0.717) is 12.5 Å². The summed E-state index contributed by atoms with van der Waals surface area (Å²) < 4.78 is 7.87. The van der Waals surface area contributed by atoms with E-state index in [1.54, 1.807) is 6.20 Å². The highest BCUT2D eigenvalue weighted by Crippen LogP contribution is 2.21. The van der Waals surface area contributed by atoms with Crippen molar-refractivity contribution in [2.24, 2.45) is 0 Å². The molecule has 0 spiro atoms. The Labute approximate surface area is 130 Å². The van der Waals surface area contributed by atoms with Crippen LogP contribution in [0.25, 0.3) is 10.9 Å². The summed E-state index contributed by atoms with van der Waals surface area (Å²) in [6.07, 6.45) is 3.97. The molecule has 114 valence electrons. The first-order chi connectivity index (χ1) is 10.9. The Kier molecular flexibility index (Phi) is 4.71. The number of hydrogen-bond acceptors (Lipinski definition) is 3. The minimum absolute atomic E-state index is 0.615. The predicted molar refractivity (Wildman–Crippen MR) is 89.1 cm³/mol. The van der Waals surface area contributed by atoms with Gasteiger partial charge in [-0.3, -0.25) is 0 Å². The molecule has 0 bridgehead atoms. The molecule has 0 aliphatic carbocycles. The highest BCUT2D eigenvalue weighted by molar-refractivity contribution is 5.83. The van der Waals surface area contributed by atoms with E-state index in [4.69, 9.17) is 4.74 Å². The molecule has 0 atom stereocenters. The second-order valence-electron chi connectivity index (χ2n) is 5.15. The first kappa shape index (κ1) is 14.6. The quantitative estimate of drug-likeness (QED) is 0.680. The van der Waals surface area contributed by atoms with E-state index in [-0.39, 0.29) is 0 Å². The molecule has 2 heterocycles. The summed E-state index contributed by atoms with van der Waals surface area (Å²) in [5.74, 6) is 0.673. The van der Waals surface area contributed by atoms with Crippen molar-refractivity contribution < 1.29 is 4.74 Å². The lowest BCUT2D eigenvalue weighted by Crippen LogP contribution is -2.20. The predicted octanol–water partition coefficient (Wildman–Crippen LogP) is 3.22. The zero-order valence-electron chi connectivity index (χ0n) is 12.8. The fourth-order valence-corrected chi connectivity index (χ4v) is 2.61. The van der Waals surface area contributed by atoms with Gasteiger partial charge < -0.3 is 14.6 Å². The van der Waals surface area contributed by atoms with Crippen LogP contribution in [0.15, 0.2) is 54.9 Å². The number of pyridine rings is 1. The molecule has 1 aromatic carbocycles. The summed E-state index contributed by atoms with van der Waals surface area (Å²) in [6.45, 7) is 5.42. The summed E-state index contributed by atoms with van der Waals surface area (Å²) in [6, 6.07) is 14.2. The number of para-hydroxylation sites is 1. The normalized spacial score (nSPS) is 11.0. The van der Waals surface area contributed by atoms with E-state index in [0.717, 1.165) is 19.6 Å². The van der Waals surface area contributed by atoms with E-state index in [1.165, 1.54) is 16.5 Å². The Balaban J connectivity index is 1.54. The summed E-state index contributed by atoms with van der Waals surface area (Å²) in [5.41, 5.74) is 2.63. The van der Waals surface area contributed by atoms with Crippen molar-refractivity contribution in [2.75, 3.05) is 13.2 Å². The average Bonchev–Trinajstić information content (AvgIpc) is 2.94. The first-order valence-corrected chi connectivity index (χ1v) is 7.70. The van der Waals surface area contributed by atoms with Crippen molar-refractivity contribution >= 4 is 10.9 Å². The maximum Gasteiger partial charge on any atom is 0.213 e. The third-order valence-electron chi connectivity index (χ3n) is 3.69. The van der Waals surface area contributed by atoms with Crippen LogP contribution in [0.3, 0.4) is 0 Å². The molecule has 1 N–H and O–H groups in total. The minimum Gasteiger partial charge on any atom is -0.476 e. The van der Waals surface area contributed by atoms with Gasteiger partial charge in [0.15, 0.2) is 0 Å². The highest BCUT2D eigenvalue weighted by atomic mass is 16.5. The van der Waals surface area contributed by atoms with E-state index in [1.807, 2.05) is 18.2 Å². The lowest BCUT2D eigenvalue weighted by atomic mass is 10.2. The van der Waals surface area contributed by atoms with E-state index in [2.05, 4.69) is 52.3 Å². The van der Waals surface area contributed by atoms with Gasteiger partial charge in [-0.15, -0.1) is 0 Å². The summed E-state index contributed by atoms with van der Waals surface area (Å²) >= 11 is 0. The Morgan fingerprint density at radius 2 is 2.00 bits per heavy atom. The van der Waals surface area contributed by atoms with Crippen LogP contribution >= 0.6 is 0 Å². The van der Waals surface area contributed by atoms with Crippen molar-refractivity contribution in [1.29, 1.82) is 0 Å². The van der Waals surface area contributed by atoms with Gasteiger partial charge in [-0.25, -0.2) is 4.98 Å². The molecule has 4 nitrogen and oxygen atoms in total. The van der Waals surface area contributed by atoms with Crippen LogP contribution < -0.4 is 10.1 Å². The Bertz CT molecular complexity index is 722. The number of rotatable bonds is 7. The molecule has 0 fully saturated rings. The Morgan fingerprint density at radius 1 is 1.14 bits per heavy atom. The van der Waals surface area contributed by atoms with Crippen molar-refractivity contribution in [3.63, 3.8) is 0 Å². The number of aryl methyl sites for hydroxylation is 1. The van der Waals surface area contributed by atoms with Gasteiger partial charge in [0.1, 0.15) is 6.61 Å². The second kappa shape index (κ2) is 7.09. The van der Waals surface area contributed by atoms with Gasteiger partial charge in [-0.1, -0.05) is 24.3 Å². The number of nitrogens with zero attached hydrogens (tertiary/aromatic N) is 2. The molecule has 0 aliphatic heterocycles. The van der Waals surface area contributed by atoms with E-state index >= 15 is 0 Å². The average molecular weight is 295 g/mol. The van der Waals surface area contributed by atoms with Crippen LogP contribution in [-0.4, -0.2) is 22.7 Å². The third-order valence-corrected chi connectivity index (χ3v) is 3.69. The first-order valence-electron chi connectivity index (χ1n) is 7.70. The Hall–Kier alpha value is -2.33. The summed E-state index contributed by atoms with van der Waals surface area (Å²) in [5, 5.41) is 4.76. The molecule has 22 heavy (non-hydrogen) atoms. The minimum atomic E-state index is 0.615. The van der Waals surface area contributed by atoms with Crippen LogP contribution in [0.1, 0.15) is 12.5 Å². The molecule has 3 rings (SSSR count). The van der Waals surface area contributed by atoms with Gasteiger partial charge in [0, 0.05) is 49.0 Å². The van der Waals surface area contributed by atoms with Crippen LogP contribution in [0.2, 0.25) is 0 Å². The van der Waals surface area contributed by atoms with Gasteiger partial charge in [0.05, 0.1) is 0 Å². The molecule has 4 heteroatoms. The number of benzene rings is 1. The van der Waals surface area contributed by atoms with Gasteiger partial charge in [0.2, 0.25) is 5.88 Å². The topological polar surface area (TPSA) is 39.1 Å². The number of fused-ring (bicyclic) bond motifs is 1. The third kappa shape index (κ3) is 3.28. The van der Waals surface area contributed by atoms with Gasteiger partial charge in [0.25, 0.3) is 0 Å². The highest BCUT2D eigenvalue weighted by Gasteiger charge is 2.06. The van der Waals surface area contributed by atoms with Crippen molar-refractivity contribution in [3.05, 3.63) is 60.4 Å². The van der Waals surface area contributed by atoms with Crippen molar-refractivity contribution in [2.45, 2.75) is 20.0 Å². The van der Waals surface area contributed by atoms with Crippen LogP contribution in [-0.2, 0) is 13.1 Å². The molecule has 0 amide bonds. The van der Waals surface area contributed by atoms with Crippen molar-refractivity contribution in [1.82, 2.24) is 14.9 Å². The maximum absolute atomic E-state index is 5.58. The molecule has 0 saturated carbocycles. The number of nitrogens with one attached hydrogen (secondary N) is 1. The number of aromatic nitrogens is 2.